The standard InChI is InChI=1S/C16H19N3O/c1-13-5-6-16(14(12-13)4-3-9-17)20-11-8-15-7-10-18-19(15)2/h5-7,10,12H,8-9,11,17H2,1-2H3. The van der Waals surface area contributed by atoms with E-state index in [4.69, 9.17) is 10.5 Å². The van der Waals surface area contributed by atoms with Gasteiger partial charge >= 0.3 is 0 Å². The zero-order chi connectivity index (χ0) is 14.4. The maximum Gasteiger partial charge on any atom is 0.134 e. The number of rotatable bonds is 4. The molecule has 0 bridgehead atoms. The van der Waals surface area contributed by atoms with Crippen LogP contribution in [0.25, 0.3) is 0 Å². The molecular weight excluding hydrogens is 250 g/mol. The van der Waals surface area contributed by atoms with Gasteiger partial charge < -0.3 is 10.5 Å². The third-order valence-corrected chi connectivity index (χ3v) is 3.00. The Labute approximate surface area is 119 Å². The molecule has 0 fully saturated rings. The molecule has 2 N–H and O–H groups in total. The first kappa shape index (κ1) is 14.2. The largest absolute Gasteiger partial charge is 0.492 e. The van der Waals surface area contributed by atoms with Gasteiger partial charge in [0.2, 0.25) is 0 Å². The Morgan fingerprint density at radius 2 is 2.20 bits per heavy atom. The minimum atomic E-state index is 0.350. The van der Waals surface area contributed by atoms with Crippen molar-refractivity contribution in [3.8, 4) is 17.6 Å². The van der Waals surface area contributed by atoms with Gasteiger partial charge in [-0.15, -0.1) is 0 Å². The normalized spacial score (nSPS) is 9.95. The summed E-state index contributed by atoms with van der Waals surface area (Å²) in [5, 5.41) is 4.14. The first-order valence-corrected chi connectivity index (χ1v) is 6.60. The molecule has 2 aromatic rings. The van der Waals surface area contributed by atoms with Crippen LogP contribution in [-0.4, -0.2) is 22.9 Å². The van der Waals surface area contributed by atoms with Crippen LogP contribution in [0.15, 0.2) is 30.5 Å². The Balaban J connectivity index is 2.03. The molecule has 2 rings (SSSR count). The van der Waals surface area contributed by atoms with Crippen LogP contribution in [0.5, 0.6) is 5.75 Å². The van der Waals surface area contributed by atoms with Gasteiger partial charge in [-0.3, -0.25) is 4.68 Å². The van der Waals surface area contributed by atoms with E-state index in [1.165, 1.54) is 0 Å². The summed E-state index contributed by atoms with van der Waals surface area (Å²) in [6, 6.07) is 7.99. The average molecular weight is 269 g/mol. The third-order valence-electron chi connectivity index (χ3n) is 3.00. The van der Waals surface area contributed by atoms with Crippen molar-refractivity contribution in [2.45, 2.75) is 13.3 Å². The molecular formula is C16H19N3O. The number of aryl methyl sites for hydroxylation is 2. The van der Waals surface area contributed by atoms with E-state index in [9.17, 15) is 0 Å². The summed E-state index contributed by atoms with van der Waals surface area (Å²) in [5.41, 5.74) is 8.61. The summed E-state index contributed by atoms with van der Waals surface area (Å²) in [6.45, 7) is 2.98. The molecule has 0 aliphatic carbocycles. The Morgan fingerprint density at radius 1 is 1.35 bits per heavy atom. The molecule has 0 saturated heterocycles. The highest BCUT2D eigenvalue weighted by molar-refractivity contribution is 5.48. The molecule has 0 spiro atoms. The zero-order valence-electron chi connectivity index (χ0n) is 11.9. The highest BCUT2D eigenvalue weighted by Crippen LogP contribution is 2.19. The highest BCUT2D eigenvalue weighted by atomic mass is 16.5. The predicted octanol–water partition coefficient (Wildman–Crippen LogP) is 1.66. The molecule has 0 aliphatic heterocycles. The van der Waals surface area contributed by atoms with Gasteiger partial charge in [0.1, 0.15) is 5.75 Å². The highest BCUT2D eigenvalue weighted by Gasteiger charge is 2.03. The maximum absolute atomic E-state index is 5.83. The van der Waals surface area contributed by atoms with E-state index in [0.717, 1.165) is 29.0 Å². The topological polar surface area (TPSA) is 53.1 Å². The van der Waals surface area contributed by atoms with Crippen molar-refractivity contribution in [2.75, 3.05) is 13.2 Å². The Bertz CT molecular complexity index is 635. The second-order valence-electron chi connectivity index (χ2n) is 4.55. The van der Waals surface area contributed by atoms with E-state index in [1.54, 1.807) is 6.20 Å². The molecule has 0 aliphatic rings. The van der Waals surface area contributed by atoms with E-state index >= 15 is 0 Å². The smallest absolute Gasteiger partial charge is 0.134 e. The van der Waals surface area contributed by atoms with Crippen LogP contribution in [0.4, 0.5) is 0 Å². The van der Waals surface area contributed by atoms with Crippen molar-refractivity contribution >= 4 is 0 Å². The van der Waals surface area contributed by atoms with Gasteiger partial charge in [0, 0.05) is 25.4 Å². The van der Waals surface area contributed by atoms with E-state index in [2.05, 4.69) is 16.9 Å². The maximum atomic E-state index is 5.83. The van der Waals surface area contributed by atoms with Crippen LogP contribution in [0, 0.1) is 18.8 Å². The van der Waals surface area contributed by atoms with Crippen LogP contribution in [-0.2, 0) is 13.5 Å². The van der Waals surface area contributed by atoms with Crippen LogP contribution in [0.2, 0.25) is 0 Å². The van der Waals surface area contributed by atoms with Gasteiger partial charge in [-0.1, -0.05) is 17.9 Å². The van der Waals surface area contributed by atoms with Crippen molar-refractivity contribution in [1.82, 2.24) is 9.78 Å². The van der Waals surface area contributed by atoms with E-state index in [1.807, 2.05) is 42.9 Å². The van der Waals surface area contributed by atoms with Gasteiger partial charge in [-0.25, -0.2) is 0 Å². The molecule has 1 aromatic carbocycles. The lowest BCUT2D eigenvalue weighted by Gasteiger charge is -2.09. The second kappa shape index (κ2) is 6.78. The number of nitrogens with two attached hydrogens (primary N) is 1. The molecule has 0 saturated carbocycles. The molecule has 4 heteroatoms. The zero-order valence-corrected chi connectivity index (χ0v) is 11.9. The lowest BCUT2D eigenvalue weighted by atomic mass is 10.1. The lowest BCUT2D eigenvalue weighted by molar-refractivity contribution is 0.317. The number of hydrogen-bond acceptors (Lipinski definition) is 3. The predicted molar refractivity (Wildman–Crippen MR) is 79.5 cm³/mol. The summed E-state index contributed by atoms with van der Waals surface area (Å²) in [7, 11) is 1.93. The van der Waals surface area contributed by atoms with Crippen LogP contribution in [0.3, 0.4) is 0 Å². The fourth-order valence-corrected chi connectivity index (χ4v) is 1.93. The van der Waals surface area contributed by atoms with Crippen molar-refractivity contribution in [3.63, 3.8) is 0 Å². The van der Waals surface area contributed by atoms with Gasteiger partial charge in [0.05, 0.1) is 18.7 Å². The van der Waals surface area contributed by atoms with Crippen LogP contribution in [0.1, 0.15) is 16.8 Å². The van der Waals surface area contributed by atoms with Gasteiger partial charge in [-0.2, -0.15) is 5.10 Å². The first-order chi connectivity index (χ1) is 9.70. The molecule has 0 atom stereocenters. The van der Waals surface area contributed by atoms with Gasteiger partial charge in [0.15, 0.2) is 0 Å². The molecule has 1 heterocycles. The van der Waals surface area contributed by atoms with Gasteiger partial charge in [-0.05, 0) is 30.7 Å². The summed E-state index contributed by atoms with van der Waals surface area (Å²) < 4.78 is 7.69. The number of ether oxygens (including phenoxy) is 1. The van der Waals surface area contributed by atoms with Gasteiger partial charge in [0.25, 0.3) is 0 Å². The molecule has 1 aromatic heterocycles. The second-order valence-corrected chi connectivity index (χ2v) is 4.55. The summed E-state index contributed by atoms with van der Waals surface area (Å²) in [4.78, 5) is 0. The minimum absolute atomic E-state index is 0.350. The quantitative estimate of drug-likeness (QED) is 0.859. The molecule has 20 heavy (non-hydrogen) atoms. The third kappa shape index (κ3) is 3.62. The van der Waals surface area contributed by atoms with Crippen molar-refractivity contribution in [1.29, 1.82) is 0 Å². The van der Waals surface area contributed by atoms with Crippen molar-refractivity contribution < 1.29 is 4.74 Å². The summed E-state index contributed by atoms with van der Waals surface area (Å²) in [6.07, 6.45) is 2.60. The van der Waals surface area contributed by atoms with E-state index < -0.39 is 0 Å². The van der Waals surface area contributed by atoms with E-state index in [-0.39, 0.29) is 0 Å². The number of aromatic nitrogens is 2. The Hall–Kier alpha value is -2.25. The average Bonchev–Trinajstić information content (AvgIpc) is 2.84. The Morgan fingerprint density at radius 3 is 2.90 bits per heavy atom. The SMILES string of the molecule is Cc1ccc(OCCc2ccnn2C)c(C#CCN)c1. The monoisotopic (exact) mass is 269 g/mol. The molecule has 0 radical (unpaired) electrons. The van der Waals surface area contributed by atoms with Crippen LogP contribution < -0.4 is 10.5 Å². The molecule has 0 amide bonds. The fraction of sp³-hybridized carbons (Fsp3) is 0.312. The first-order valence-electron chi connectivity index (χ1n) is 6.60. The Kier molecular flexibility index (Phi) is 4.80. The number of benzene rings is 1. The number of nitrogens with zero attached hydrogens (tertiary/aromatic N) is 2. The molecule has 104 valence electrons. The van der Waals surface area contributed by atoms with Crippen LogP contribution >= 0.6 is 0 Å². The van der Waals surface area contributed by atoms with Crippen molar-refractivity contribution in [2.24, 2.45) is 12.8 Å². The van der Waals surface area contributed by atoms with Crippen molar-refractivity contribution in [3.05, 3.63) is 47.3 Å². The summed E-state index contributed by atoms with van der Waals surface area (Å²) in [5.74, 6) is 6.72. The number of hydrogen-bond donors (Lipinski definition) is 1. The van der Waals surface area contributed by atoms with E-state index in [0.29, 0.717) is 13.2 Å². The lowest BCUT2D eigenvalue weighted by Crippen LogP contribution is -2.06. The molecule has 0 unspecified atom stereocenters. The molecule has 4 nitrogen and oxygen atoms in total. The minimum Gasteiger partial charge on any atom is -0.492 e. The fourth-order valence-electron chi connectivity index (χ4n) is 1.93. The summed E-state index contributed by atoms with van der Waals surface area (Å²) >= 11 is 0.